The number of aliphatic hydroxyl groups is 1. The zero-order chi connectivity index (χ0) is 8.81. The fourth-order valence-corrected chi connectivity index (χ4v) is 1.08. The van der Waals surface area contributed by atoms with E-state index in [0.717, 1.165) is 19.3 Å². The second-order valence-corrected chi connectivity index (χ2v) is 2.92. The average Bonchev–Trinajstić information content (AvgIpc) is 2.53. The number of nitrogens with zero attached hydrogens (tertiary/aromatic N) is 3. The van der Waals surface area contributed by atoms with Gasteiger partial charge in [-0.2, -0.15) is 0 Å². The highest BCUT2D eigenvalue weighted by molar-refractivity contribution is 4.66. The first-order valence-corrected chi connectivity index (χ1v) is 4.35. The van der Waals surface area contributed by atoms with E-state index in [0.29, 0.717) is 6.54 Å². The van der Waals surface area contributed by atoms with E-state index in [1.165, 1.54) is 0 Å². The third-order valence-corrected chi connectivity index (χ3v) is 1.76. The maximum absolute atomic E-state index is 9.46. The van der Waals surface area contributed by atoms with Gasteiger partial charge in [0.1, 0.15) is 0 Å². The van der Waals surface area contributed by atoms with Gasteiger partial charge in [0.25, 0.3) is 0 Å². The summed E-state index contributed by atoms with van der Waals surface area (Å²) in [6, 6.07) is 0. The predicted octanol–water partition coefficient (Wildman–Crippen LogP) is 0.829. The van der Waals surface area contributed by atoms with Crippen LogP contribution in [0.15, 0.2) is 12.4 Å². The van der Waals surface area contributed by atoms with Gasteiger partial charge in [-0.05, 0) is 6.42 Å². The lowest BCUT2D eigenvalue weighted by Crippen LogP contribution is -2.16. The Labute approximate surface area is 72.2 Å². The normalized spacial score (nSPS) is 13.2. The summed E-state index contributed by atoms with van der Waals surface area (Å²) in [6.07, 6.45) is 6.12. The summed E-state index contributed by atoms with van der Waals surface area (Å²) in [5.41, 5.74) is 0. The van der Waals surface area contributed by atoms with Crippen molar-refractivity contribution in [3.8, 4) is 0 Å². The summed E-state index contributed by atoms with van der Waals surface area (Å²) in [6.45, 7) is 2.67. The van der Waals surface area contributed by atoms with Crippen LogP contribution in [0.4, 0.5) is 0 Å². The second-order valence-electron chi connectivity index (χ2n) is 2.92. The monoisotopic (exact) mass is 169 g/mol. The third-order valence-electron chi connectivity index (χ3n) is 1.76. The van der Waals surface area contributed by atoms with E-state index >= 15 is 0 Å². The van der Waals surface area contributed by atoms with Gasteiger partial charge in [-0.1, -0.05) is 25.0 Å². The molecule has 1 rings (SSSR count). The summed E-state index contributed by atoms with van der Waals surface area (Å²) >= 11 is 0. The Morgan fingerprint density at radius 3 is 3.00 bits per heavy atom. The van der Waals surface area contributed by atoms with Gasteiger partial charge in [0.05, 0.1) is 18.8 Å². The molecule has 1 N–H and O–H groups in total. The van der Waals surface area contributed by atoms with Gasteiger partial charge < -0.3 is 5.11 Å². The van der Waals surface area contributed by atoms with Crippen LogP contribution in [0.5, 0.6) is 0 Å². The minimum atomic E-state index is -0.286. The lowest BCUT2D eigenvalue weighted by molar-refractivity contribution is 0.136. The van der Waals surface area contributed by atoms with Gasteiger partial charge in [0, 0.05) is 6.20 Å². The van der Waals surface area contributed by atoms with Crippen LogP contribution in [-0.4, -0.2) is 26.2 Å². The molecule has 1 heterocycles. The van der Waals surface area contributed by atoms with Crippen LogP contribution in [0.25, 0.3) is 0 Å². The molecule has 1 aromatic rings. The lowest BCUT2D eigenvalue weighted by atomic mass is 10.2. The van der Waals surface area contributed by atoms with E-state index in [2.05, 4.69) is 17.2 Å². The lowest BCUT2D eigenvalue weighted by Gasteiger charge is -2.08. The highest BCUT2D eigenvalue weighted by Gasteiger charge is 2.03. The molecule has 68 valence electrons. The fourth-order valence-electron chi connectivity index (χ4n) is 1.08. The molecule has 0 aromatic carbocycles. The number of rotatable bonds is 5. The number of aliphatic hydroxyl groups excluding tert-OH is 1. The van der Waals surface area contributed by atoms with E-state index in [1.807, 2.05) is 0 Å². The molecular weight excluding hydrogens is 154 g/mol. The smallest absolute Gasteiger partial charge is 0.0736 e. The summed E-state index contributed by atoms with van der Waals surface area (Å²) < 4.78 is 1.65. The standard InChI is InChI=1S/C8H15N3O/c1-2-3-4-8(12)7-11-6-5-9-10-11/h5-6,8,12H,2-4,7H2,1H3. The molecular formula is C8H15N3O. The predicted molar refractivity (Wildman–Crippen MR) is 45.6 cm³/mol. The number of unbranched alkanes of at least 4 members (excludes halogenated alkanes) is 1. The van der Waals surface area contributed by atoms with Crippen molar-refractivity contribution in [1.82, 2.24) is 15.0 Å². The van der Waals surface area contributed by atoms with Crippen LogP contribution in [0.2, 0.25) is 0 Å². The number of aromatic nitrogens is 3. The topological polar surface area (TPSA) is 50.9 Å². The zero-order valence-electron chi connectivity index (χ0n) is 7.35. The van der Waals surface area contributed by atoms with Crippen molar-refractivity contribution in [3.63, 3.8) is 0 Å². The molecule has 0 bridgehead atoms. The highest BCUT2D eigenvalue weighted by Crippen LogP contribution is 2.01. The van der Waals surface area contributed by atoms with Crippen molar-refractivity contribution in [1.29, 1.82) is 0 Å². The minimum Gasteiger partial charge on any atom is -0.391 e. The molecule has 0 radical (unpaired) electrons. The largest absolute Gasteiger partial charge is 0.391 e. The van der Waals surface area contributed by atoms with Crippen LogP contribution in [0.1, 0.15) is 26.2 Å². The van der Waals surface area contributed by atoms with Crippen molar-refractivity contribution < 1.29 is 5.11 Å². The molecule has 4 nitrogen and oxygen atoms in total. The van der Waals surface area contributed by atoms with E-state index in [9.17, 15) is 5.11 Å². The van der Waals surface area contributed by atoms with Crippen molar-refractivity contribution in [2.45, 2.75) is 38.8 Å². The molecule has 0 aliphatic rings. The van der Waals surface area contributed by atoms with Gasteiger partial charge in [0.2, 0.25) is 0 Å². The Morgan fingerprint density at radius 2 is 2.42 bits per heavy atom. The molecule has 0 aliphatic carbocycles. The number of hydrogen-bond donors (Lipinski definition) is 1. The van der Waals surface area contributed by atoms with Gasteiger partial charge in [-0.25, -0.2) is 4.68 Å². The van der Waals surface area contributed by atoms with Gasteiger partial charge in [-0.3, -0.25) is 0 Å². The van der Waals surface area contributed by atoms with Gasteiger partial charge >= 0.3 is 0 Å². The number of hydrogen-bond acceptors (Lipinski definition) is 3. The zero-order valence-corrected chi connectivity index (χ0v) is 7.35. The van der Waals surface area contributed by atoms with Gasteiger partial charge in [-0.15, -0.1) is 5.10 Å². The molecule has 4 heteroatoms. The summed E-state index contributed by atoms with van der Waals surface area (Å²) in [7, 11) is 0. The first-order valence-electron chi connectivity index (χ1n) is 4.35. The van der Waals surface area contributed by atoms with Crippen molar-refractivity contribution in [2.75, 3.05) is 0 Å². The average molecular weight is 169 g/mol. The Kier molecular flexibility index (Phi) is 3.73. The first-order chi connectivity index (χ1) is 5.83. The molecule has 0 saturated heterocycles. The molecule has 12 heavy (non-hydrogen) atoms. The van der Waals surface area contributed by atoms with Crippen molar-refractivity contribution in [3.05, 3.63) is 12.4 Å². The summed E-state index contributed by atoms with van der Waals surface area (Å²) in [5.74, 6) is 0. The van der Waals surface area contributed by atoms with Crippen LogP contribution < -0.4 is 0 Å². The van der Waals surface area contributed by atoms with Crippen LogP contribution in [0.3, 0.4) is 0 Å². The molecule has 0 saturated carbocycles. The van der Waals surface area contributed by atoms with Crippen LogP contribution >= 0.6 is 0 Å². The quantitative estimate of drug-likeness (QED) is 0.710. The van der Waals surface area contributed by atoms with Crippen LogP contribution in [-0.2, 0) is 6.54 Å². The Hall–Kier alpha value is -0.900. The first kappa shape index (κ1) is 9.19. The molecule has 0 aliphatic heterocycles. The molecule has 1 atom stereocenters. The van der Waals surface area contributed by atoms with E-state index < -0.39 is 0 Å². The Morgan fingerprint density at radius 1 is 1.58 bits per heavy atom. The minimum absolute atomic E-state index is 0.286. The molecule has 1 unspecified atom stereocenters. The Bertz CT molecular complexity index is 198. The second kappa shape index (κ2) is 4.87. The highest BCUT2D eigenvalue weighted by atomic mass is 16.3. The fraction of sp³-hybridized carbons (Fsp3) is 0.750. The maximum Gasteiger partial charge on any atom is 0.0736 e. The molecule has 0 fully saturated rings. The Balaban J connectivity index is 2.22. The van der Waals surface area contributed by atoms with Gasteiger partial charge in [0.15, 0.2) is 0 Å². The van der Waals surface area contributed by atoms with Crippen molar-refractivity contribution >= 4 is 0 Å². The summed E-state index contributed by atoms with van der Waals surface area (Å²) in [5, 5.41) is 16.9. The maximum atomic E-state index is 9.46. The molecule has 0 amide bonds. The van der Waals surface area contributed by atoms with E-state index in [4.69, 9.17) is 0 Å². The molecule has 1 aromatic heterocycles. The van der Waals surface area contributed by atoms with E-state index in [-0.39, 0.29) is 6.10 Å². The van der Waals surface area contributed by atoms with E-state index in [1.54, 1.807) is 17.1 Å². The molecule has 0 spiro atoms. The summed E-state index contributed by atoms with van der Waals surface area (Å²) in [4.78, 5) is 0. The van der Waals surface area contributed by atoms with Crippen molar-refractivity contribution in [2.24, 2.45) is 0 Å². The SMILES string of the molecule is CCCCC(O)Cn1ccnn1. The van der Waals surface area contributed by atoms with Crippen LogP contribution in [0, 0.1) is 0 Å². The third kappa shape index (κ3) is 3.00.